The minimum atomic E-state index is 0.964. The summed E-state index contributed by atoms with van der Waals surface area (Å²) >= 11 is 0. The Labute approximate surface area is 128 Å². The lowest BCUT2D eigenvalue weighted by Crippen LogP contribution is -2.13. The Morgan fingerprint density at radius 3 is 2.33 bits per heavy atom. The second kappa shape index (κ2) is 5.07. The van der Waals surface area contributed by atoms with E-state index in [4.69, 9.17) is 0 Å². The molecular weight excluding hydrogens is 254 g/mol. The number of rotatable bonds is 1. The quantitative estimate of drug-likeness (QED) is 0.640. The van der Waals surface area contributed by atoms with Crippen LogP contribution in [0.2, 0.25) is 0 Å². The van der Waals surface area contributed by atoms with Crippen molar-refractivity contribution in [3.63, 3.8) is 0 Å². The Morgan fingerprint density at radius 1 is 1.00 bits per heavy atom. The number of hydrogen-bond acceptors (Lipinski definition) is 1. The maximum Gasteiger partial charge on any atom is 0.0442 e. The highest BCUT2D eigenvalue weighted by atomic mass is 15.1. The summed E-state index contributed by atoms with van der Waals surface area (Å²) in [5.41, 5.74) is 10.9. The third kappa shape index (κ3) is 2.27. The number of hydrogen-bond donors (Lipinski definition) is 0. The smallest absolute Gasteiger partial charge is 0.0442 e. The van der Waals surface area contributed by atoms with Crippen molar-refractivity contribution in [3.8, 4) is 0 Å². The molecule has 21 heavy (non-hydrogen) atoms. The zero-order chi connectivity index (χ0) is 15.1. The van der Waals surface area contributed by atoms with Crippen LogP contribution in [0.5, 0.6) is 0 Å². The van der Waals surface area contributed by atoms with E-state index in [-0.39, 0.29) is 0 Å². The molecule has 1 aromatic rings. The number of anilines is 1. The lowest BCUT2D eigenvalue weighted by molar-refractivity contribution is 1.04. The summed E-state index contributed by atoms with van der Waals surface area (Å²) in [4.78, 5) is 2.33. The van der Waals surface area contributed by atoms with Crippen molar-refractivity contribution in [3.05, 3.63) is 76.5 Å². The maximum atomic E-state index is 4.22. The summed E-state index contributed by atoms with van der Waals surface area (Å²) in [7, 11) is 2.17. The maximum absolute atomic E-state index is 4.22. The van der Waals surface area contributed by atoms with Gasteiger partial charge in [-0.15, -0.1) is 0 Å². The fourth-order valence-electron chi connectivity index (χ4n) is 3.50. The van der Waals surface area contributed by atoms with Crippen molar-refractivity contribution in [2.24, 2.45) is 0 Å². The van der Waals surface area contributed by atoms with Gasteiger partial charge in [-0.25, -0.2) is 0 Å². The molecule has 1 saturated carbocycles. The van der Waals surface area contributed by atoms with Gasteiger partial charge in [-0.2, -0.15) is 0 Å². The van der Waals surface area contributed by atoms with Crippen LogP contribution in [0.25, 0.3) is 0 Å². The number of allylic oxidation sites excluding steroid dienone is 6. The van der Waals surface area contributed by atoms with Gasteiger partial charge in [0.05, 0.1) is 0 Å². The van der Waals surface area contributed by atoms with Crippen LogP contribution in [-0.2, 0) is 6.42 Å². The van der Waals surface area contributed by atoms with Crippen molar-refractivity contribution in [1.29, 1.82) is 0 Å². The van der Waals surface area contributed by atoms with Crippen molar-refractivity contribution in [2.75, 3.05) is 11.9 Å². The summed E-state index contributed by atoms with van der Waals surface area (Å²) in [6.07, 6.45) is 2.98. The molecule has 1 heterocycles. The first-order valence-electron chi connectivity index (χ1n) is 7.55. The molecule has 0 unspecified atom stereocenters. The van der Waals surface area contributed by atoms with Crippen LogP contribution in [0.15, 0.2) is 71.0 Å². The molecule has 0 radical (unpaired) electrons. The molecule has 1 nitrogen and oxygen atoms in total. The van der Waals surface area contributed by atoms with Gasteiger partial charge in [-0.05, 0) is 60.6 Å². The van der Waals surface area contributed by atoms with Crippen molar-refractivity contribution in [1.82, 2.24) is 0 Å². The standard InChI is InChI=1S/C20H23N/c1-13-10-14(2)18(11-13)15(3)16(4)20-12-17-8-6-7-9-19(17)21(20)5/h6-9H,1-2,10-12H2,3-5H3/b18-15-,20-16-. The minimum absolute atomic E-state index is 0.964. The van der Waals surface area contributed by atoms with Crippen LogP contribution in [0.3, 0.4) is 0 Å². The lowest BCUT2D eigenvalue weighted by Gasteiger charge is -2.19. The topological polar surface area (TPSA) is 3.24 Å². The average molecular weight is 277 g/mol. The molecule has 0 spiro atoms. The van der Waals surface area contributed by atoms with Gasteiger partial charge in [0.25, 0.3) is 0 Å². The molecule has 1 heteroatoms. The van der Waals surface area contributed by atoms with E-state index in [0.29, 0.717) is 0 Å². The zero-order valence-electron chi connectivity index (χ0n) is 13.3. The van der Waals surface area contributed by atoms with Crippen LogP contribution in [0, 0.1) is 0 Å². The highest BCUT2D eigenvalue weighted by molar-refractivity contribution is 5.66. The predicted molar refractivity (Wildman–Crippen MR) is 91.5 cm³/mol. The van der Waals surface area contributed by atoms with E-state index in [1.165, 1.54) is 44.8 Å². The van der Waals surface area contributed by atoms with Crippen LogP contribution < -0.4 is 4.90 Å². The number of fused-ring (bicyclic) bond motifs is 1. The van der Waals surface area contributed by atoms with Gasteiger partial charge < -0.3 is 4.90 Å². The van der Waals surface area contributed by atoms with Gasteiger partial charge in [0.1, 0.15) is 0 Å². The molecule has 1 aromatic carbocycles. The molecule has 0 N–H and O–H groups in total. The van der Waals surface area contributed by atoms with E-state index in [1.807, 2.05) is 0 Å². The van der Waals surface area contributed by atoms with E-state index in [9.17, 15) is 0 Å². The molecule has 1 aliphatic heterocycles. The van der Waals surface area contributed by atoms with E-state index >= 15 is 0 Å². The summed E-state index contributed by atoms with van der Waals surface area (Å²) in [6, 6.07) is 8.67. The second-order valence-corrected chi connectivity index (χ2v) is 6.25. The summed E-state index contributed by atoms with van der Waals surface area (Å²) in [5.74, 6) is 0. The van der Waals surface area contributed by atoms with Crippen LogP contribution in [-0.4, -0.2) is 7.05 Å². The van der Waals surface area contributed by atoms with Gasteiger partial charge in [0.15, 0.2) is 0 Å². The first-order chi connectivity index (χ1) is 9.99. The van der Waals surface area contributed by atoms with E-state index in [0.717, 1.165) is 19.3 Å². The lowest BCUT2D eigenvalue weighted by atomic mass is 9.96. The third-order valence-electron chi connectivity index (χ3n) is 4.88. The summed E-state index contributed by atoms with van der Waals surface area (Å²) in [5, 5.41) is 0. The van der Waals surface area contributed by atoms with Gasteiger partial charge in [0.2, 0.25) is 0 Å². The molecule has 0 saturated heterocycles. The fourth-order valence-corrected chi connectivity index (χ4v) is 3.50. The molecule has 0 atom stereocenters. The van der Waals surface area contributed by atoms with Gasteiger partial charge in [-0.1, -0.05) is 36.9 Å². The summed E-state index contributed by atoms with van der Waals surface area (Å²) < 4.78 is 0. The predicted octanol–water partition coefficient (Wildman–Crippen LogP) is 5.18. The summed E-state index contributed by atoms with van der Waals surface area (Å²) in [6.45, 7) is 12.8. The SMILES string of the molecule is C=C1CC(=C)/C(=C(C)\C(C)=C2\Cc3ccccc3N2C)C1. The highest BCUT2D eigenvalue weighted by Gasteiger charge is 2.24. The molecule has 0 amide bonds. The van der Waals surface area contributed by atoms with Crippen molar-refractivity contribution < 1.29 is 0 Å². The van der Waals surface area contributed by atoms with Crippen molar-refractivity contribution >= 4 is 5.69 Å². The molecule has 108 valence electrons. The Hall–Kier alpha value is -2.02. The van der Waals surface area contributed by atoms with Gasteiger partial charge in [-0.3, -0.25) is 0 Å². The third-order valence-corrected chi connectivity index (χ3v) is 4.88. The van der Waals surface area contributed by atoms with E-state index < -0.39 is 0 Å². The number of nitrogens with zero attached hydrogens (tertiary/aromatic N) is 1. The number of para-hydroxylation sites is 1. The molecule has 1 fully saturated rings. The van der Waals surface area contributed by atoms with E-state index in [2.05, 4.69) is 63.2 Å². The van der Waals surface area contributed by atoms with Crippen LogP contribution in [0.1, 0.15) is 32.3 Å². The molecule has 0 aromatic heterocycles. The normalized spacial score (nSPS) is 22.7. The fraction of sp³-hybridized carbons (Fsp3) is 0.300. The van der Waals surface area contributed by atoms with Crippen LogP contribution >= 0.6 is 0 Å². The average Bonchev–Trinajstić information content (AvgIpc) is 2.98. The Bertz CT molecular complexity index is 700. The van der Waals surface area contributed by atoms with Gasteiger partial charge >= 0.3 is 0 Å². The van der Waals surface area contributed by atoms with Gasteiger partial charge in [0, 0.05) is 24.9 Å². The monoisotopic (exact) mass is 277 g/mol. The number of benzene rings is 1. The first-order valence-corrected chi connectivity index (χ1v) is 7.55. The second-order valence-electron chi connectivity index (χ2n) is 6.25. The molecule has 3 rings (SSSR count). The largest absolute Gasteiger partial charge is 0.347 e. The Morgan fingerprint density at radius 2 is 1.71 bits per heavy atom. The van der Waals surface area contributed by atoms with E-state index in [1.54, 1.807) is 0 Å². The Balaban J connectivity index is 2.03. The minimum Gasteiger partial charge on any atom is -0.347 e. The number of likely N-dealkylation sites (N-methyl/N-ethyl adjacent to an activating group) is 1. The zero-order valence-corrected chi connectivity index (χ0v) is 13.3. The van der Waals surface area contributed by atoms with Crippen molar-refractivity contribution in [2.45, 2.75) is 33.1 Å². The molecule has 1 aliphatic carbocycles. The molecule has 2 aliphatic rings. The highest BCUT2D eigenvalue weighted by Crippen LogP contribution is 2.40. The molecule has 0 bridgehead atoms. The first kappa shape index (κ1) is 13.9. The Kier molecular flexibility index (Phi) is 3.36. The van der Waals surface area contributed by atoms with Crippen LogP contribution in [0.4, 0.5) is 5.69 Å². The molecular formula is C20H23N.